The molecule has 1 aliphatic heterocycles. The van der Waals surface area contributed by atoms with E-state index < -0.39 is 0 Å². The van der Waals surface area contributed by atoms with Crippen molar-refractivity contribution in [1.82, 2.24) is 4.90 Å². The van der Waals surface area contributed by atoms with Gasteiger partial charge in [0.1, 0.15) is 0 Å². The van der Waals surface area contributed by atoms with Crippen LogP contribution in [-0.4, -0.2) is 23.3 Å². The summed E-state index contributed by atoms with van der Waals surface area (Å²) in [6.07, 6.45) is 5.09. The molecule has 2 aromatic rings. The van der Waals surface area contributed by atoms with Gasteiger partial charge in [0.15, 0.2) is 0 Å². The lowest BCUT2D eigenvalue weighted by Crippen LogP contribution is -2.36. The highest BCUT2D eigenvalue weighted by Crippen LogP contribution is 2.33. The number of carbonyl (C=O) groups is 2. The number of anilines is 1. The van der Waals surface area contributed by atoms with Crippen molar-refractivity contribution in [3.63, 3.8) is 0 Å². The van der Waals surface area contributed by atoms with Crippen molar-refractivity contribution in [1.29, 1.82) is 0 Å². The monoisotopic (exact) mass is 362 g/mol. The lowest BCUT2D eigenvalue weighted by Gasteiger charge is -2.29. The fraction of sp³-hybridized carbons (Fsp3) is 0.391. The predicted octanol–water partition coefficient (Wildman–Crippen LogP) is 4.19. The van der Waals surface area contributed by atoms with Crippen molar-refractivity contribution in [2.45, 2.75) is 45.6 Å². The van der Waals surface area contributed by atoms with Crippen molar-refractivity contribution in [2.75, 3.05) is 11.9 Å². The molecule has 0 saturated heterocycles. The van der Waals surface area contributed by atoms with Crippen LogP contribution in [0, 0.1) is 5.92 Å². The first-order chi connectivity index (χ1) is 13.1. The van der Waals surface area contributed by atoms with Gasteiger partial charge in [0, 0.05) is 30.3 Å². The molecule has 0 aromatic heterocycles. The van der Waals surface area contributed by atoms with Crippen molar-refractivity contribution < 1.29 is 9.59 Å². The maximum Gasteiger partial charge on any atom is 0.255 e. The molecule has 1 N–H and O–H groups in total. The van der Waals surface area contributed by atoms with Gasteiger partial charge in [-0.05, 0) is 66.6 Å². The SMILES string of the molecule is CCCc1ccc(C(=O)Nc2ccc3c(c2)CN(C(=O)C2CC2)CC3)cc1. The van der Waals surface area contributed by atoms with Crippen LogP contribution in [0.3, 0.4) is 0 Å². The molecule has 1 saturated carbocycles. The predicted molar refractivity (Wildman–Crippen MR) is 107 cm³/mol. The van der Waals surface area contributed by atoms with Gasteiger partial charge in [-0.2, -0.15) is 0 Å². The van der Waals surface area contributed by atoms with E-state index in [2.05, 4.69) is 18.3 Å². The standard InChI is InChI=1S/C23H26N2O2/c1-2-3-16-4-6-18(7-5-16)22(26)24-21-11-10-17-12-13-25(15-20(17)14-21)23(27)19-8-9-19/h4-7,10-11,14,19H,2-3,8-9,12-13,15H2,1H3,(H,24,26). The minimum absolute atomic E-state index is 0.0975. The fourth-order valence-corrected chi connectivity index (χ4v) is 3.73. The Hall–Kier alpha value is -2.62. The third kappa shape index (κ3) is 4.05. The van der Waals surface area contributed by atoms with Crippen molar-refractivity contribution in [3.05, 3.63) is 64.7 Å². The summed E-state index contributed by atoms with van der Waals surface area (Å²) in [7, 11) is 0. The lowest BCUT2D eigenvalue weighted by molar-refractivity contribution is -0.133. The summed E-state index contributed by atoms with van der Waals surface area (Å²) in [5.41, 5.74) is 5.13. The van der Waals surface area contributed by atoms with Gasteiger partial charge in [-0.25, -0.2) is 0 Å². The Bertz CT molecular complexity index is 853. The third-order valence-electron chi connectivity index (χ3n) is 5.47. The summed E-state index contributed by atoms with van der Waals surface area (Å²) in [4.78, 5) is 26.9. The van der Waals surface area contributed by atoms with Crippen molar-refractivity contribution >= 4 is 17.5 Å². The van der Waals surface area contributed by atoms with E-state index in [0.717, 1.165) is 49.9 Å². The molecule has 4 nitrogen and oxygen atoms in total. The topological polar surface area (TPSA) is 49.4 Å². The van der Waals surface area contributed by atoms with Gasteiger partial charge in [-0.3, -0.25) is 9.59 Å². The molecular formula is C23H26N2O2. The van der Waals surface area contributed by atoms with E-state index in [-0.39, 0.29) is 11.8 Å². The number of hydrogen-bond donors (Lipinski definition) is 1. The number of amides is 2. The molecule has 1 aliphatic carbocycles. The minimum Gasteiger partial charge on any atom is -0.338 e. The molecule has 0 radical (unpaired) electrons. The van der Waals surface area contributed by atoms with Gasteiger partial charge < -0.3 is 10.2 Å². The second-order valence-corrected chi connectivity index (χ2v) is 7.67. The third-order valence-corrected chi connectivity index (χ3v) is 5.47. The van der Waals surface area contributed by atoms with E-state index in [9.17, 15) is 9.59 Å². The Kier molecular flexibility index (Phi) is 4.97. The molecule has 4 rings (SSSR count). The number of nitrogens with one attached hydrogen (secondary N) is 1. The zero-order chi connectivity index (χ0) is 18.8. The molecule has 2 aromatic carbocycles. The number of benzene rings is 2. The normalized spacial score (nSPS) is 16.0. The maximum absolute atomic E-state index is 12.5. The largest absolute Gasteiger partial charge is 0.338 e. The summed E-state index contributed by atoms with van der Waals surface area (Å²) in [5.74, 6) is 0.451. The quantitative estimate of drug-likeness (QED) is 0.867. The van der Waals surface area contributed by atoms with Crippen LogP contribution in [0.4, 0.5) is 5.69 Å². The summed E-state index contributed by atoms with van der Waals surface area (Å²) in [5, 5.41) is 3.00. The summed E-state index contributed by atoms with van der Waals surface area (Å²) in [6.45, 7) is 3.61. The second kappa shape index (κ2) is 7.55. The van der Waals surface area contributed by atoms with Crippen LogP contribution in [0.2, 0.25) is 0 Å². The number of carbonyl (C=O) groups excluding carboxylic acids is 2. The van der Waals surface area contributed by atoms with E-state index in [0.29, 0.717) is 18.0 Å². The first kappa shape index (κ1) is 17.8. The summed E-state index contributed by atoms with van der Waals surface area (Å²) in [6, 6.07) is 13.9. The van der Waals surface area contributed by atoms with Crippen LogP contribution in [0.15, 0.2) is 42.5 Å². The Labute approximate surface area is 160 Å². The highest BCUT2D eigenvalue weighted by Gasteiger charge is 2.34. The second-order valence-electron chi connectivity index (χ2n) is 7.67. The average molecular weight is 362 g/mol. The number of rotatable bonds is 5. The van der Waals surface area contributed by atoms with Crippen LogP contribution in [0.25, 0.3) is 0 Å². The first-order valence-corrected chi connectivity index (χ1v) is 9.95. The van der Waals surface area contributed by atoms with Gasteiger partial charge in [0.05, 0.1) is 0 Å². The Morgan fingerprint density at radius 2 is 1.85 bits per heavy atom. The maximum atomic E-state index is 12.5. The Morgan fingerprint density at radius 3 is 2.56 bits per heavy atom. The van der Waals surface area contributed by atoms with Gasteiger partial charge in [-0.1, -0.05) is 31.5 Å². The minimum atomic E-state index is -0.0975. The fourth-order valence-electron chi connectivity index (χ4n) is 3.73. The summed E-state index contributed by atoms with van der Waals surface area (Å²) >= 11 is 0. The van der Waals surface area contributed by atoms with E-state index in [1.54, 1.807) is 0 Å². The molecule has 0 atom stereocenters. The zero-order valence-electron chi connectivity index (χ0n) is 15.8. The zero-order valence-corrected chi connectivity index (χ0v) is 15.8. The molecule has 27 heavy (non-hydrogen) atoms. The van der Waals surface area contributed by atoms with Crippen molar-refractivity contribution in [2.24, 2.45) is 5.92 Å². The van der Waals surface area contributed by atoms with Gasteiger partial charge >= 0.3 is 0 Å². The average Bonchev–Trinajstić information content (AvgIpc) is 3.53. The van der Waals surface area contributed by atoms with Crippen LogP contribution in [-0.2, 0) is 24.2 Å². The Morgan fingerprint density at radius 1 is 1.07 bits per heavy atom. The highest BCUT2D eigenvalue weighted by atomic mass is 16.2. The molecular weight excluding hydrogens is 336 g/mol. The number of nitrogens with zero attached hydrogens (tertiary/aromatic N) is 1. The molecule has 4 heteroatoms. The molecule has 0 bridgehead atoms. The number of fused-ring (bicyclic) bond motifs is 1. The molecule has 1 fully saturated rings. The highest BCUT2D eigenvalue weighted by molar-refractivity contribution is 6.04. The molecule has 2 aliphatic rings. The van der Waals surface area contributed by atoms with Gasteiger partial charge in [0.2, 0.25) is 5.91 Å². The molecule has 2 amide bonds. The van der Waals surface area contributed by atoms with Crippen molar-refractivity contribution in [3.8, 4) is 0 Å². The van der Waals surface area contributed by atoms with Gasteiger partial charge in [0.25, 0.3) is 5.91 Å². The summed E-state index contributed by atoms with van der Waals surface area (Å²) < 4.78 is 0. The van der Waals surface area contributed by atoms with Gasteiger partial charge in [-0.15, -0.1) is 0 Å². The number of hydrogen-bond acceptors (Lipinski definition) is 2. The van der Waals surface area contributed by atoms with E-state index >= 15 is 0 Å². The van der Waals surface area contributed by atoms with E-state index in [1.165, 1.54) is 11.1 Å². The number of aryl methyl sites for hydroxylation is 1. The van der Waals surface area contributed by atoms with Crippen LogP contribution in [0.5, 0.6) is 0 Å². The smallest absolute Gasteiger partial charge is 0.255 e. The van der Waals surface area contributed by atoms with E-state index in [4.69, 9.17) is 0 Å². The first-order valence-electron chi connectivity index (χ1n) is 9.95. The van der Waals surface area contributed by atoms with Crippen LogP contribution >= 0.6 is 0 Å². The molecule has 0 spiro atoms. The molecule has 140 valence electrons. The lowest BCUT2D eigenvalue weighted by atomic mass is 9.98. The van der Waals surface area contributed by atoms with Crippen LogP contribution < -0.4 is 5.32 Å². The van der Waals surface area contributed by atoms with E-state index in [1.807, 2.05) is 41.3 Å². The molecule has 1 heterocycles. The molecule has 0 unspecified atom stereocenters. The Balaban J connectivity index is 1.44. The van der Waals surface area contributed by atoms with Crippen LogP contribution in [0.1, 0.15) is 53.2 Å².